The summed E-state index contributed by atoms with van der Waals surface area (Å²) in [5, 5.41) is 8.17. The molecule has 18 heavy (non-hydrogen) atoms. The van der Waals surface area contributed by atoms with Gasteiger partial charge in [0.05, 0.1) is 5.69 Å². The third-order valence-corrected chi connectivity index (χ3v) is 3.53. The van der Waals surface area contributed by atoms with Gasteiger partial charge in [-0.05, 0) is 25.5 Å². The van der Waals surface area contributed by atoms with Crippen LogP contribution in [0.1, 0.15) is 18.4 Å². The third-order valence-electron chi connectivity index (χ3n) is 3.53. The zero-order valence-electron chi connectivity index (χ0n) is 10.4. The summed E-state index contributed by atoms with van der Waals surface area (Å²) in [6.45, 7) is 2.65. The summed E-state index contributed by atoms with van der Waals surface area (Å²) < 4.78 is 0. The van der Waals surface area contributed by atoms with Crippen molar-refractivity contribution in [3.8, 4) is 0 Å². The number of nitrogens with two attached hydrogens (primary N) is 1. The quantitative estimate of drug-likeness (QED) is 0.655. The maximum atomic E-state index is 5.81. The molecule has 3 heterocycles. The Morgan fingerprint density at radius 2 is 2.44 bits per heavy atom. The number of rotatable bonds is 3. The summed E-state index contributed by atoms with van der Waals surface area (Å²) in [6, 6.07) is 2.53. The van der Waals surface area contributed by atoms with Gasteiger partial charge in [-0.15, -0.1) is 0 Å². The van der Waals surface area contributed by atoms with Crippen LogP contribution in [0, 0.1) is 0 Å². The number of aromatic nitrogens is 2. The molecular formula is C13H19N5. The highest BCUT2D eigenvalue weighted by molar-refractivity contribution is 5.91. The van der Waals surface area contributed by atoms with Crippen LogP contribution in [-0.2, 0) is 6.54 Å². The molecule has 5 N–H and O–H groups in total. The van der Waals surface area contributed by atoms with Crippen molar-refractivity contribution in [1.82, 2.24) is 15.3 Å². The van der Waals surface area contributed by atoms with Gasteiger partial charge in [-0.3, -0.25) is 0 Å². The van der Waals surface area contributed by atoms with Gasteiger partial charge in [0.2, 0.25) is 0 Å². The fourth-order valence-corrected chi connectivity index (χ4v) is 2.55. The van der Waals surface area contributed by atoms with Crippen molar-refractivity contribution in [2.45, 2.75) is 25.4 Å². The lowest BCUT2D eigenvalue weighted by Crippen LogP contribution is -2.38. The second-order valence-electron chi connectivity index (χ2n) is 4.79. The van der Waals surface area contributed by atoms with E-state index < -0.39 is 0 Å². The number of pyridine rings is 1. The number of hydrogen-bond donors (Lipinski definition) is 4. The summed E-state index contributed by atoms with van der Waals surface area (Å²) in [5.41, 5.74) is 8.94. The molecule has 3 rings (SSSR count). The number of aromatic amines is 1. The van der Waals surface area contributed by atoms with Crippen LogP contribution in [0.3, 0.4) is 0 Å². The monoisotopic (exact) mass is 245 g/mol. The second-order valence-corrected chi connectivity index (χ2v) is 4.79. The largest absolute Gasteiger partial charge is 0.380 e. The van der Waals surface area contributed by atoms with Crippen LogP contribution < -0.4 is 16.4 Å². The first-order valence-electron chi connectivity index (χ1n) is 6.51. The highest BCUT2D eigenvalue weighted by Crippen LogP contribution is 2.26. The highest BCUT2D eigenvalue weighted by atomic mass is 15.0. The summed E-state index contributed by atoms with van der Waals surface area (Å²) >= 11 is 0. The second kappa shape index (κ2) is 4.96. The predicted octanol–water partition coefficient (Wildman–Crippen LogP) is 1.19. The number of anilines is 1. The van der Waals surface area contributed by atoms with Gasteiger partial charge in [0, 0.05) is 42.5 Å². The van der Waals surface area contributed by atoms with Gasteiger partial charge >= 0.3 is 0 Å². The normalized spacial score (nSPS) is 20.2. The molecule has 0 aromatic carbocycles. The van der Waals surface area contributed by atoms with Gasteiger partial charge in [0.1, 0.15) is 5.65 Å². The first-order valence-corrected chi connectivity index (χ1v) is 6.51. The van der Waals surface area contributed by atoms with Gasteiger partial charge in [-0.25, -0.2) is 4.98 Å². The van der Waals surface area contributed by atoms with Gasteiger partial charge < -0.3 is 21.4 Å². The van der Waals surface area contributed by atoms with Crippen LogP contribution in [0.4, 0.5) is 5.69 Å². The summed E-state index contributed by atoms with van der Waals surface area (Å²) in [6.07, 6.45) is 6.20. The highest BCUT2D eigenvalue weighted by Gasteiger charge is 2.16. The molecule has 0 bridgehead atoms. The molecule has 1 aliphatic rings. The molecule has 1 fully saturated rings. The Hall–Kier alpha value is -1.59. The first kappa shape index (κ1) is 11.5. The van der Waals surface area contributed by atoms with Crippen molar-refractivity contribution in [2.24, 2.45) is 5.73 Å². The van der Waals surface area contributed by atoms with E-state index >= 15 is 0 Å². The molecule has 1 unspecified atom stereocenters. The zero-order valence-corrected chi connectivity index (χ0v) is 10.4. The molecule has 0 saturated carbocycles. The van der Waals surface area contributed by atoms with Gasteiger partial charge in [0.15, 0.2) is 0 Å². The van der Waals surface area contributed by atoms with Crippen LogP contribution in [0.2, 0.25) is 0 Å². The van der Waals surface area contributed by atoms with E-state index in [0.29, 0.717) is 12.6 Å². The molecule has 2 aromatic rings. The molecule has 0 amide bonds. The number of fused-ring (bicyclic) bond motifs is 1. The minimum Gasteiger partial charge on any atom is -0.380 e. The van der Waals surface area contributed by atoms with Crippen LogP contribution in [-0.4, -0.2) is 29.1 Å². The van der Waals surface area contributed by atoms with E-state index in [4.69, 9.17) is 5.73 Å². The fraction of sp³-hybridized carbons (Fsp3) is 0.462. The average molecular weight is 245 g/mol. The van der Waals surface area contributed by atoms with Crippen LogP contribution >= 0.6 is 0 Å². The van der Waals surface area contributed by atoms with E-state index in [0.717, 1.165) is 35.4 Å². The lowest BCUT2D eigenvalue weighted by molar-refractivity contribution is 0.480. The van der Waals surface area contributed by atoms with Gasteiger partial charge in [-0.2, -0.15) is 0 Å². The Balaban J connectivity index is 1.94. The molecule has 96 valence electrons. The van der Waals surface area contributed by atoms with Crippen molar-refractivity contribution in [2.75, 3.05) is 18.4 Å². The Morgan fingerprint density at radius 1 is 1.50 bits per heavy atom. The molecule has 5 heteroatoms. The minimum absolute atomic E-state index is 0.476. The van der Waals surface area contributed by atoms with Crippen molar-refractivity contribution in [1.29, 1.82) is 0 Å². The molecule has 1 saturated heterocycles. The maximum Gasteiger partial charge on any atom is 0.139 e. The van der Waals surface area contributed by atoms with Crippen molar-refractivity contribution in [3.63, 3.8) is 0 Å². The zero-order chi connectivity index (χ0) is 12.4. The Morgan fingerprint density at radius 3 is 3.22 bits per heavy atom. The Labute approximate surface area is 106 Å². The standard InChI is InChI=1S/C13H19N5/c14-6-9-7-17-13-11(3-5-16-13)12(9)18-10-2-1-4-15-8-10/h3,5,7,10,15H,1-2,4,6,8,14H2,(H2,16,17,18). The maximum absolute atomic E-state index is 5.81. The topological polar surface area (TPSA) is 78.8 Å². The van der Waals surface area contributed by atoms with Crippen molar-refractivity contribution >= 4 is 16.7 Å². The Kier molecular flexibility index (Phi) is 3.17. The fourth-order valence-electron chi connectivity index (χ4n) is 2.55. The lowest BCUT2D eigenvalue weighted by Gasteiger charge is -2.26. The van der Waals surface area contributed by atoms with Crippen LogP contribution in [0.5, 0.6) is 0 Å². The molecule has 2 aromatic heterocycles. The number of piperidine rings is 1. The molecule has 1 aliphatic heterocycles. The van der Waals surface area contributed by atoms with E-state index in [1.165, 1.54) is 12.8 Å². The van der Waals surface area contributed by atoms with Crippen molar-refractivity contribution in [3.05, 3.63) is 24.0 Å². The van der Waals surface area contributed by atoms with E-state index in [-0.39, 0.29) is 0 Å². The molecule has 0 aliphatic carbocycles. The molecule has 5 nitrogen and oxygen atoms in total. The number of H-pyrrole nitrogens is 1. The van der Waals surface area contributed by atoms with Crippen LogP contribution in [0.15, 0.2) is 18.5 Å². The average Bonchev–Trinajstić information content (AvgIpc) is 2.89. The van der Waals surface area contributed by atoms with E-state index in [1.54, 1.807) is 0 Å². The summed E-state index contributed by atoms with van der Waals surface area (Å²) in [5.74, 6) is 0. The number of hydrogen-bond acceptors (Lipinski definition) is 4. The molecule has 1 atom stereocenters. The smallest absolute Gasteiger partial charge is 0.139 e. The third kappa shape index (κ3) is 2.07. The number of nitrogens with zero attached hydrogens (tertiary/aromatic N) is 1. The Bertz CT molecular complexity index is 527. The first-order chi connectivity index (χ1) is 8.88. The SMILES string of the molecule is NCc1cnc2[nH]ccc2c1NC1CCCNC1. The van der Waals surface area contributed by atoms with Crippen molar-refractivity contribution < 1.29 is 0 Å². The van der Waals surface area contributed by atoms with E-state index in [1.807, 2.05) is 12.4 Å². The van der Waals surface area contributed by atoms with Crippen LogP contribution in [0.25, 0.3) is 11.0 Å². The van der Waals surface area contributed by atoms with Gasteiger partial charge in [0.25, 0.3) is 0 Å². The van der Waals surface area contributed by atoms with Gasteiger partial charge in [-0.1, -0.05) is 0 Å². The lowest BCUT2D eigenvalue weighted by atomic mass is 10.1. The minimum atomic E-state index is 0.476. The molecular weight excluding hydrogens is 226 g/mol. The number of nitrogens with one attached hydrogen (secondary N) is 3. The molecule has 0 spiro atoms. The van der Waals surface area contributed by atoms with E-state index in [2.05, 4.69) is 26.7 Å². The molecule has 0 radical (unpaired) electrons. The van der Waals surface area contributed by atoms with E-state index in [9.17, 15) is 0 Å². The summed E-state index contributed by atoms with van der Waals surface area (Å²) in [4.78, 5) is 7.52. The predicted molar refractivity (Wildman–Crippen MR) is 73.5 cm³/mol. The summed E-state index contributed by atoms with van der Waals surface area (Å²) in [7, 11) is 0.